The minimum Gasteiger partial charge on any atom is -0.338 e. The van der Waals surface area contributed by atoms with E-state index < -0.39 is 10.0 Å². The highest BCUT2D eigenvalue weighted by molar-refractivity contribution is 9.10. The van der Waals surface area contributed by atoms with E-state index in [4.69, 9.17) is 4.52 Å². The van der Waals surface area contributed by atoms with Crippen molar-refractivity contribution in [1.82, 2.24) is 24.4 Å². The Hall–Kier alpha value is -2.17. The number of hydrogen-bond donors (Lipinski definition) is 0. The third kappa shape index (κ3) is 3.08. The summed E-state index contributed by atoms with van der Waals surface area (Å²) in [5.74, 6) is 0.931. The summed E-state index contributed by atoms with van der Waals surface area (Å²) in [6, 6.07) is 8.25. The molecule has 0 atom stereocenters. The number of hydrogen-bond acceptors (Lipinski definition) is 7. The Bertz CT molecular complexity index is 986. The molecule has 10 heteroatoms. The van der Waals surface area contributed by atoms with Gasteiger partial charge in [0.2, 0.25) is 27.6 Å². The van der Waals surface area contributed by atoms with Gasteiger partial charge in [0, 0.05) is 30.0 Å². The Morgan fingerprint density at radius 3 is 2.44 bits per heavy atom. The second-order valence-corrected chi connectivity index (χ2v) is 8.36. The van der Waals surface area contributed by atoms with Gasteiger partial charge in [-0.05, 0) is 30.3 Å². The van der Waals surface area contributed by atoms with Crippen LogP contribution >= 0.6 is 15.9 Å². The van der Waals surface area contributed by atoms with Crippen LogP contribution in [0.3, 0.4) is 0 Å². The third-order valence-electron chi connectivity index (χ3n) is 3.86. The molecule has 0 N–H and O–H groups in total. The van der Waals surface area contributed by atoms with Crippen molar-refractivity contribution in [2.24, 2.45) is 0 Å². The van der Waals surface area contributed by atoms with Crippen molar-refractivity contribution >= 4 is 26.0 Å². The molecule has 0 aliphatic carbocycles. The number of halogens is 1. The predicted molar refractivity (Wildman–Crippen MR) is 91.0 cm³/mol. The van der Waals surface area contributed by atoms with Gasteiger partial charge in [0.15, 0.2) is 0 Å². The first kappa shape index (κ1) is 16.3. The van der Waals surface area contributed by atoms with E-state index in [-0.39, 0.29) is 10.8 Å². The third-order valence-corrected chi connectivity index (χ3v) is 6.23. The monoisotopic (exact) mass is 421 g/mol. The van der Waals surface area contributed by atoms with E-state index in [1.165, 1.54) is 4.31 Å². The highest BCUT2D eigenvalue weighted by Crippen LogP contribution is 2.32. The van der Waals surface area contributed by atoms with E-state index in [1.807, 2.05) is 0 Å². The molecule has 128 valence electrons. The van der Waals surface area contributed by atoms with Crippen LogP contribution in [0, 0.1) is 0 Å². The molecule has 1 fully saturated rings. The zero-order chi connectivity index (χ0) is 17.4. The summed E-state index contributed by atoms with van der Waals surface area (Å²) in [6.45, 7) is 0.603. The average Bonchev–Trinajstić information content (AvgIpc) is 3.04. The molecule has 0 spiro atoms. The van der Waals surface area contributed by atoms with Gasteiger partial charge in [-0.2, -0.15) is 9.29 Å². The minimum atomic E-state index is -3.51. The van der Waals surface area contributed by atoms with E-state index >= 15 is 0 Å². The lowest BCUT2D eigenvalue weighted by Crippen LogP contribution is -2.48. The van der Waals surface area contributed by atoms with Crippen LogP contribution in [0.5, 0.6) is 0 Å². The van der Waals surface area contributed by atoms with Gasteiger partial charge >= 0.3 is 0 Å². The largest absolute Gasteiger partial charge is 0.338 e. The van der Waals surface area contributed by atoms with Gasteiger partial charge in [0.1, 0.15) is 0 Å². The van der Waals surface area contributed by atoms with Crippen LogP contribution in [0.1, 0.15) is 11.8 Å². The zero-order valence-corrected chi connectivity index (χ0v) is 15.2. The van der Waals surface area contributed by atoms with Crippen molar-refractivity contribution in [2.45, 2.75) is 10.8 Å². The Kier molecular flexibility index (Phi) is 4.10. The molecule has 1 saturated heterocycles. The summed E-state index contributed by atoms with van der Waals surface area (Å²) >= 11 is 3.30. The van der Waals surface area contributed by atoms with Gasteiger partial charge < -0.3 is 4.52 Å². The summed E-state index contributed by atoms with van der Waals surface area (Å²) in [4.78, 5) is 12.7. The Balaban J connectivity index is 1.47. The summed E-state index contributed by atoms with van der Waals surface area (Å²) in [6.07, 6.45) is 3.18. The molecule has 0 radical (unpaired) electrons. The highest BCUT2D eigenvalue weighted by atomic mass is 79.9. The van der Waals surface area contributed by atoms with E-state index in [0.29, 0.717) is 30.6 Å². The molecule has 3 aromatic rings. The van der Waals surface area contributed by atoms with Crippen LogP contribution in [0.2, 0.25) is 0 Å². The average molecular weight is 422 g/mol. The molecule has 3 heterocycles. The van der Waals surface area contributed by atoms with Gasteiger partial charge in [-0.3, -0.25) is 0 Å². The SMILES string of the molecule is O=S(=O)(c1ccc(Br)cc1)N1CC(c2nc(-c3ncccn3)no2)C1. The summed E-state index contributed by atoms with van der Waals surface area (Å²) in [5, 5.41) is 3.86. The number of rotatable bonds is 4. The fraction of sp³-hybridized carbons (Fsp3) is 0.200. The molecule has 4 rings (SSSR count). The van der Waals surface area contributed by atoms with Crippen LogP contribution in [-0.2, 0) is 10.0 Å². The number of benzene rings is 1. The lowest BCUT2D eigenvalue weighted by Gasteiger charge is -2.35. The van der Waals surface area contributed by atoms with Gasteiger partial charge in [0.25, 0.3) is 0 Å². The fourth-order valence-corrected chi connectivity index (χ4v) is 4.25. The summed E-state index contributed by atoms with van der Waals surface area (Å²) in [5.41, 5.74) is 0. The molecule has 8 nitrogen and oxygen atoms in total. The Morgan fingerprint density at radius 2 is 1.76 bits per heavy atom. The standard InChI is InChI=1S/C15H12BrN5O3S/c16-11-2-4-12(5-3-11)25(22,23)21-8-10(9-21)15-19-14(20-24-15)13-17-6-1-7-18-13/h1-7,10H,8-9H2. The van der Waals surface area contributed by atoms with Crippen LogP contribution in [-0.4, -0.2) is 45.9 Å². The van der Waals surface area contributed by atoms with Gasteiger partial charge in [-0.15, -0.1) is 0 Å². The zero-order valence-electron chi connectivity index (χ0n) is 12.8. The van der Waals surface area contributed by atoms with Crippen LogP contribution in [0.25, 0.3) is 11.6 Å². The normalized spacial score (nSPS) is 15.9. The quantitative estimate of drug-likeness (QED) is 0.634. The lowest BCUT2D eigenvalue weighted by molar-refractivity contribution is 0.217. The molecule has 0 amide bonds. The van der Waals surface area contributed by atoms with E-state index in [2.05, 4.69) is 36.0 Å². The molecule has 25 heavy (non-hydrogen) atoms. The topological polar surface area (TPSA) is 102 Å². The second kappa shape index (κ2) is 6.28. The first-order valence-electron chi connectivity index (χ1n) is 7.41. The van der Waals surface area contributed by atoms with Gasteiger partial charge in [0.05, 0.1) is 10.8 Å². The molecule has 2 aromatic heterocycles. The number of aromatic nitrogens is 4. The number of sulfonamides is 1. The Morgan fingerprint density at radius 1 is 1.08 bits per heavy atom. The number of nitrogens with zero attached hydrogens (tertiary/aromatic N) is 5. The van der Waals surface area contributed by atoms with Crippen LogP contribution < -0.4 is 0 Å². The van der Waals surface area contributed by atoms with Gasteiger partial charge in [-0.25, -0.2) is 18.4 Å². The van der Waals surface area contributed by atoms with E-state index in [9.17, 15) is 8.42 Å². The van der Waals surface area contributed by atoms with E-state index in [1.54, 1.807) is 42.7 Å². The van der Waals surface area contributed by atoms with Crippen molar-refractivity contribution in [1.29, 1.82) is 0 Å². The minimum absolute atomic E-state index is 0.129. The molecular weight excluding hydrogens is 410 g/mol. The second-order valence-electron chi connectivity index (χ2n) is 5.50. The van der Waals surface area contributed by atoms with Gasteiger partial charge in [-0.1, -0.05) is 21.1 Å². The van der Waals surface area contributed by atoms with Crippen LogP contribution in [0.4, 0.5) is 0 Å². The van der Waals surface area contributed by atoms with Crippen molar-refractivity contribution < 1.29 is 12.9 Å². The molecule has 1 aliphatic heterocycles. The lowest BCUT2D eigenvalue weighted by atomic mass is 10.0. The molecule has 0 saturated carbocycles. The van der Waals surface area contributed by atoms with Crippen molar-refractivity contribution in [2.75, 3.05) is 13.1 Å². The molecule has 1 aromatic carbocycles. The first-order valence-corrected chi connectivity index (χ1v) is 9.64. The van der Waals surface area contributed by atoms with Crippen molar-refractivity contribution in [3.05, 3.63) is 53.1 Å². The summed E-state index contributed by atoms with van der Waals surface area (Å²) < 4.78 is 32.6. The summed E-state index contributed by atoms with van der Waals surface area (Å²) in [7, 11) is -3.51. The fourth-order valence-electron chi connectivity index (χ4n) is 2.45. The highest BCUT2D eigenvalue weighted by Gasteiger charge is 2.40. The Labute approximate surface area is 152 Å². The maximum atomic E-state index is 12.6. The maximum Gasteiger partial charge on any atom is 0.243 e. The van der Waals surface area contributed by atoms with Crippen molar-refractivity contribution in [3.8, 4) is 11.6 Å². The van der Waals surface area contributed by atoms with E-state index in [0.717, 1.165) is 4.47 Å². The molecular formula is C15H12BrN5O3S. The maximum absolute atomic E-state index is 12.6. The molecule has 1 aliphatic rings. The van der Waals surface area contributed by atoms with Crippen LogP contribution in [0.15, 0.2) is 56.6 Å². The first-order chi connectivity index (χ1) is 12.0. The molecule has 0 unspecified atom stereocenters. The predicted octanol–water partition coefficient (Wildman–Crippen LogP) is 2.08. The van der Waals surface area contributed by atoms with Crippen molar-refractivity contribution in [3.63, 3.8) is 0 Å². The molecule has 0 bridgehead atoms. The smallest absolute Gasteiger partial charge is 0.243 e.